The number of nitrogens with one attached hydrogen (secondary N) is 1. The predicted molar refractivity (Wildman–Crippen MR) is 83.9 cm³/mol. The van der Waals surface area contributed by atoms with Crippen molar-refractivity contribution in [2.24, 2.45) is 0 Å². The molecule has 2 rings (SSSR count). The van der Waals surface area contributed by atoms with Crippen LogP contribution in [0.25, 0.3) is 0 Å². The van der Waals surface area contributed by atoms with Gasteiger partial charge in [0, 0.05) is 47.3 Å². The van der Waals surface area contributed by atoms with Gasteiger partial charge in [-0.3, -0.25) is 9.19 Å². The summed E-state index contributed by atoms with van der Waals surface area (Å²) in [6, 6.07) is 14.3. The van der Waals surface area contributed by atoms with E-state index >= 15 is 0 Å². The zero-order valence-corrected chi connectivity index (χ0v) is 12.7. The number of aromatic nitrogens is 1. The molecule has 0 amide bonds. The van der Waals surface area contributed by atoms with Crippen molar-refractivity contribution in [2.45, 2.75) is 19.5 Å². The van der Waals surface area contributed by atoms with Crippen molar-refractivity contribution in [1.82, 2.24) is 10.3 Å². The number of benzene rings is 1. The molecule has 20 heavy (non-hydrogen) atoms. The number of rotatable bonds is 6. The van der Waals surface area contributed by atoms with Crippen LogP contribution in [0.2, 0.25) is 0 Å². The van der Waals surface area contributed by atoms with Gasteiger partial charge in [-0.15, -0.1) is 0 Å². The summed E-state index contributed by atoms with van der Waals surface area (Å²) in [6.07, 6.45) is 3.54. The molecular weight excluding hydrogens is 268 g/mol. The van der Waals surface area contributed by atoms with Gasteiger partial charge in [0.25, 0.3) is 0 Å². The SMILES string of the molecule is Cc1ncccc1CN[C@@H](C[S@](C)=O)c1ccccc1. The second-order valence-electron chi connectivity index (χ2n) is 4.83. The van der Waals surface area contributed by atoms with Gasteiger partial charge in [0.2, 0.25) is 0 Å². The summed E-state index contributed by atoms with van der Waals surface area (Å²) in [7, 11) is -0.837. The van der Waals surface area contributed by atoms with Crippen LogP contribution >= 0.6 is 0 Å². The Kier molecular flexibility index (Phi) is 5.44. The first-order chi connectivity index (χ1) is 9.66. The summed E-state index contributed by atoms with van der Waals surface area (Å²) in [5.74, 6) is 0.614. The van der Waals surface area contributed by atoms with Crippen LogP contribution in [-0.4, -0.2) is 21.2 Å². The molecular formula is C16H20N2OS. The minimum absolute atomic E-state index is 0.0987. The average molecular weight is 288 g/mol. The molecule has 0 bridgehead atoms. The first kappa shape index (κ1) is 14.9. The lowest BCUT2D eigenvalue weighted by atomic mass is 10.1. The fraction of sp³-hybridized carbons (Fsp3) is 0.312. The molecule has 1 aromatic heterocycles. The van der Waals surface area contributed by atoms with Crippen LogP contribution in [0, 0.1) is 6.92 Å². The number of aryl methyl sites for hydroxylation is 1. The molecule has 1 N–H and O–H groups in total. The van der Waals surface area contributed by atoms with Gasteiger partial charge in [-0.2, -0.15) is 0 Å². The molecule has 0 unspecified atom stereocenters. The minimum Gasteiger partial charge on any atom is -0.305 e. The van der Waals surface area contributed by atoms with Gasteiger partial charge in [0.15, 0.2) is 0 Å². The average Bonchev–Trinajstić information content (AvgIpc) is 2.45. The molecule has 0 fully saturated rings. The third-order valence-corrected chi connectivity index (χ3v) is 4.06. The van der Waals surface area contributed by atoms with Gasteiger partial charge < -0.3 is 5.32 Å². The largest absolute Gasteiger partial charge is 0.305 e. The van der Waals surface area contributed by atoms with E-state index in [9.17, 15) is 4.21 Å². The molecule has 2 aromatic rings. The van der Waals surface area contributed by atoms with Gasteiger partial charge in [-0.1, -0.05) is 36.4 Å². The maximum atomic E-state index is 11.6. The van der Waals surface area contributed by atoms with Crippen molar-refractivity contribution >= 4 is 10.8 Å². The fourth-order valence-corrected chi connectivity index (χ4v) is 2.91. The zero-order valence-electron chi connectivity index (χ0n) is 11.9. The lowest BCUT2D eigenvalue weighted by molar-refractivity contribution is 0.572. The smallest absolute Gasteiger partial charge is 0.0439 e. The predicted octanol–water partition coefficient (Wildman–Crippen LogP) is 2.60. The molecule has 0 saturated heterocycles. The zero-order chi connectivity index (χ0) is 14.4. The Balaban J connectivity index is 2.09. The van der Waals surface area contributed by atoms with E-state index in [1.807, 2.05) is 31.2 Å². The Labute approximate surface area is 122 Å². The molecule has 3 nitrogen and oxygen atoms in total. The normalized spacial score (nSPS) is 13.9. The van der Waals surface area contributed by atoms with Gasteiger partial charge in [0.05, 0.1) is 0 Å². The van der Waals surface area contributed by atoms with Gasteiger partial charge in [-0.25, -0.2) is 0 Å². The molecule has 0 aliphatic heterocycles. The van der Waals surface area contributed by atoms with Crippen molar-refractivity contribution in [2.75, 3.05) is 12.0 Å². The number of pyridine rings is 1. The first-order valence-corrected chi connectivity index (χ1v) is 8.38. The van der Waals surface area contributed by atoms with E-state index in [1.165, 1.54) is 11.1 Å². The van der Waals surface area contributed by atoms with Crippen LogP contribution in [0.3, 0.4) is 0 Å². The summed E-state index contributed by atoms with van der Waals surface area (Å²) in [5.41, 5.74) is 3.38. The van der Waals surface area contributed by atoms with Crippen LogP contribution < -0.4 is 5.32 Å². The molecule has 0 spiro atoms. The van der Waals surface area contributed by atoms with Crippen molar-refractivity contribution < 1.29 is 4.21 Å². The Morgan fingerprint density at radius 1 is 1.20 bits per heavy atom. The summed E-state index contributed by atoms with van der Waals surface area (Å²) in [6.45, 7) is 2.74. The Morgan fingerprint density at radius 2 is 1.95 bits per heavy atom. The minimum atomic E-state index is -0.837. The Bertz CT molecular complexity index is 572. The Hall–Kier alpha value is -1.52. The second-order valence-corrected chi connectivity index (χ2v) is 6.31. The highest BCUT2D eigenvalue weighted by atomic mass is 32.2. The third kappa shape index (κ3) is 4.25. The lowest BCUT2D eigenvalue weighted by Crippen LogP contribution is -2.26. The Morgan fingerprint density at radius 3 is 2.60 bits per heavy atom. The standard InChI is InChI=1S/C16H20N2OS/c1-13-15(9-6-10-17-13)11-18-16(12-20(2)19)14-7-4-3-5-8-14/h3-10,16,18H,11-12H2,1-2H3/t16-,20-/m0/s1. The number of nitrogens with zero attached hydrogens (tertiary/aromatic N) is 1. The van der Waals surface area contributed by atoms with E-state index in [1.54, 1.807) is 12.5 Å². The molecule has 0 aliphatic rings. The van der Waals surface area contributed by atoms with E-state index < -0.39 is 10.8 Å². The molecule has 2 atom stereocenters. The molecule has 106 valence electrons. The molecule has 0 saturated carbocycles. The van der Waals surface area contributed by atoms with Gasteiger partial charge in [-0.05, 0) is 24.1 Å². The molecule has 4 heteroatoms. The third-order valence-electron chi connectivity index (χ3n) is 3.26. The van der Waals surface area contributed by atoms with Crippen LogP contribution in [-0.2, 0) is 17.3 Å². The lowest BCUT2D eigenvalue weighted by Gasteiger charge is -2.18. The van der Waals surface area contributed by atoms with E-state index in [0.717, 1.165) is 12.2 Å². The maximum Gasteiger partial charge on any atom is 0.0439 e. The molecule has 1 heterocycles. The highest BCUT2D eigenvalue weighted by Crippen LogP contribution is 2.15. The van der Waals surface area contributed by atoms with Crippen LogP contribution in [0.1, 0.15) is 22.9 Å². The number of hydrogen-bond acceptors (Lipinski definition) is 3. The van der Waals surface area contributed by atoms with Crippen molar-refractivity contribution in [3.8, 4) is 0 Å². The van der Waals surface area contributed by atoms with Crippen LogP contribution in [0.5, 0.6) is 0 Å². The highest BCUT2D eigenvalue weighted by molar-refractivity contribution is 7.84. The second kappa shape index (κ2) is 7.31. The number of hydrogen-bond donors (Lipinski definition) is 1. The summed E-state index contributed by atoms with van der Waals surface area (Å²) < 4.78 is 11.6. The first-order valence-electron chi connectivity index (χ1n) is 6.65. The van der Waals surface area contributed by atoms with Crippen molar-refractivity contribution in [3.05, 3.63) is 65.5 Å². The van der Waals surface area contributed by atoms with Gasteiger partial charge in [0.1, 0.15) is 0 Å². The summed E-state index contributed by atoms with van der Waals surface area (Å²) >= 11 is 0. The molecule has 0 aliphatic carbocycles. The summed E-state index contributed by atoms with van der Waals surface area (Å²) in [5, 5.41) is 3.49. The molecule has 0 radical (unpaired) electrons. The van der Waals surface area contributed by atoms with Crippen LogP contribution in [0.15, 0.2) is 48.7 Å². The van der Waals surface area contributed by atoms with Gasteiger partial charge >= 0.3 is 0 Å². The van der Waals surface area contributed by atoms with Crippen LogP contribution in [0.4, 0.5) is 0 Å². The maximum absolute atomic E-state index is 11.6. The van der Waals surface area contributed by atoms with E-state index in [0.29, 0.717) is 5.75 Å². The fourth-order valence-electron chi connectivity index (χ4n) is 2.13. The molecule has 1 aromatic carbocycles. The van der Waals surface area contributed by atoms with E-state index in [2.05, 4.69) is 28.5 Å². The van der Waals surface area contributed by atoms with Crippen molar-refractivity contribution in [3.63, 3.8) is 0 Å². The topological polar surface area (TPSA) is 42.0 Å². The van der Waals surface area contributed by atoms with E-state index in [4.69, 9.17) is 0 Å². The van der Waals surface area contributed by atoms with Crippen molar-refractivity contribution in [1.29, 1.82) is 0 Å². The monoisotopic (exact) mass is 288 g/mol. The quantitative estimate of drug-likeness (QED) is 0.888. The highest BCUT2D eigenvalue weighted by Gasteiger charge is 2.13. The summed E-state index contributed by atoms with van der Waals surface area (Å²) in [4.78, 5) is 4.29. The van der Waals surface area contributed by atoms with E-state index in [-0.39, 0.29) is 6.04 Å².